The Morgan fingerprint density at radius 3 is 1.44 bits per heavy atom. The second-order valence-corrected chi connectivity index (χ2v) is 10.9. The van der Waals surface area contributed by atoms with Gasteiger partial charge in [-0.25, -0.2) is 0 Å². The van der Waals surface area contributed by atoms with Crippen molar-refractivity contribution in [1.82, 2.24) is 26.6 Å². The molecule has 0 aromatic heterocycles. The summed E-state index contributed by atoms with van der Waals surface area (Å²) in [5, 5.41) is 22.2. The number of hydrogen-bond donors (Lipinski definition) is 6. The van der Waals surface area contributed by atoms with Gasteiger partial charge in [0.05, 0.1) is 6.42 Å². The number of carbonyl (C=O) groups is 6. The Labute approximate surface area is 257 Å². The molecule has 0 saturated heterocycles. The quantitative estimate of drug-likeness (QED) is 0.0735. The van der Waals surface area contributed by atoms with E-state index in [1.165, 1.54) is 38.5 Å². The van der Waals surface area contributed by atoms with Crippen LogP contribution in [0.4, 0.5) is 0 Å². The van der Waals surface area contributed by atoms with Gasteiger partial charge in [-0.15, -0.1) is 0 Å². The van der Waals surface area contributed by atoms with Crippen LogP contribution in [0.1, 0.15) is 129 Å². The van der Waals surface area contributed by atoms with Crippen molar-refractivity contribution in [3.05, 3.63) is 0 Å². The van der Waals surface area contributed by atoms with Crippen LogP contribution in [0.25, 0.3) is 0 Å². The van der Waals surface area contributed by atoms with Crippen molar-refractivity contribution in [2.45, 2.75) is 135 Å². The van der Waals surface area contributed by atoms with Gasteiger partial charge < -0.3 is 31.7 Å². The van der Waals surface area contributed by atoms with E-state index in [1.54, 1.807) is 0 Å². The smallest absolute Gasteiger partial charge is 0.303 e. The van der Waals surface area contributed by atoms with E-state index in [4.69, 9.17) is 5.11 Å². The van der Waals surface area contributed by atoms with E-state index in [-0.39, 0.29) is 69.3 Å². The van der Waals surface area contributed by atoms with Gasteiger partial charge in [0.25, 0.3) is 0 Å². The molecule has 0 fully saturated rings. The monoisotopic (exact) mass is 611 g/mol. The number of rotatable bonds is 28. The highest BCUT2D eigenvalue weighted by Crippen LogP contribution is 2.05. The summed E-state index contributed by atoms with van der Waals surface area (Å²) < 4.78 is 0. The third-order valence-corrected chi connectivity index (χ3v) is 6.91. The molecule has 248 valence electrons. The minimum Gasteiger partial charge on any atom is -0.481 e. The van der Waals surface area contributed by atoms with Crippen LogP contribution >= 0.6 is 0 Å². The van der Waals surface area contributed by atoms with Gasteiger partial charge in [-0.1, -0.05) is 78.1 Å². The zero-order valence-corrected chi connectivity index (χ0v) is 26.5. The number of nitrogens with one attached hydrogen (secondary N) is 5. The fraction of sp³-hybridized carbons (Fsp3) is 0.806. The summed E-state index contributed by atoms with van der Waals surface area (Å²) in [4.78, 5) is 72.1. The zero-order chi connectivity index (χ0) is 32.1. The third-order valence-electron chi connectivity index (χ3n) is 6.91. The molecule has 0 aliphatic rings. The van der Waals surface area contributed by atoms with Gasteiger partial charge in [0.2, 0.25) is 29.5 Å². The zero-order valence-electron chi connectivity index (χ0n) is 26.5. The first-order valence-electron chi connectivity index (χ1n) is 16.3. The van der Waals surface area contributed by atoms with Crippen molar-refractivity contribution >= 4 is 35.5 Å². The SMILES string of the molecule is CCCCCCCCNC(=O)CCNC(=O)CC[C@H](NC(=O)CCC(=O)O)C(=O)NCCC(=O)NCCCCCCCC. The van der Waals surface area contributed by atoms with Gasteiger partial charge in [0, 0.05) is 51.9 Å². The van der Waals surface area contributed by atoms with Crippen LogP contribution in [0.5, 0.6) is 0 Å². The second kappa shape index (κ2) is 27.6. The highest BCUT2D eigenvalue weighted by atomic mass is 16.4. The lowest BCUT2D eigenvalue weighted by atomic mass is 10.1. The van der Waals surface area contributed by atoms with Crippen LogP contribution in [-0.4, -0.2) is 72.8 Å². The lowest BCUT2D eigenvalue weighted by Crippen LogP contribution is -2.48. The van der Waals surface area contributed by atoms with E-state index in [9.17, 15) is 28.8 Å². The highest BCUT2D eigenvalue weighted by molar-refractivity contribution is 5.89. The van der Waals surface area contributed by atoms with Crippen molar-refractivity contribution in [2.24, 2.45) is 0 Å². The van der Waals surface area contributed by atoms with Gasteiger partial charge in [-0.3, -0.25) is 28.8 Å². The first-order chi connectivity index (χ1) is 20.7. The first kappa shape index (κ1) is 39.8. The molecule has 0 aliphatic heterocycles. The molecule has 12 nitrogen and oxygen atoms in total. The fourth-order valence-electron chi connectivity index (χ4n) is 4.30. The van der Waals surface area contributed by atoms with E-state index in [2.05, 4.69) is 40.4 Å². The first-order valence-corrected chi connectivity index (χ1v) is 16.3. The van der Waals surface area contributed by atoms with Crippen LogP contribution in [0.3, 0.4) is 0 Å². The Bertz CT molecular complexity index is 822. The molecule has 43 heavy (non-hydrogen) atoms. The van der Waals surface area contributed by atoms with E-state index < -0.39 is 23.8 Å². The number of carbonyl (C=O) groups excluding carboxylic acids is 5. The molecule has 0 saturated carbocycles. The molecule has 0 spiro atoms. The Morgan fingerprint density at radius 1 is 0.488 bits per heavy atom. The average Bonchev–Trinajstić information content (AvgIpc) is 2.97. The molecule has 0 aromatic rings. The number of unbranched alkanes of at least 4 members (excludes halogenated alkanes) is 10. The molecule has 0 heterocycles. The van der Waals surface area contributed by atoms with Crippen molar-refractivity contribution in [3.8, 4) is 0 Å². The molecule has 0 bridgehead atoms. The molecular weight excluding hydrogens is 554 g/mol. The molecule has 0 aliphatic carbocycles. The lowest BCUT2D eigenvalue weighted by molar-refractivity contribution is -0.139. The largest absolute Gasteiger partial charge is 0.481 e. The number of aliphatic carboxylic acids is 1. The minimum atomic E-state index is -1.14. The van der Waals surface area contributed by atoms with Gasteiger partial charge in [0.15, 0.2) is 0 Å². The topological polar surface area (TPSA) is 183 Å². The molecule has 0 rings (SSSR count). The molecule has 1 atom stereocenters. The summed E-state index contributed by atoms with van der Waals surface area (Å²) in [5.41, 5.74) is 0. The Kier molecular flexibility index (Phi) is 25.6. The number of hydrogen-bond acceptors (Lipinski definition) is 6. The predicted octanol–water partition coefficient (Wildman–Crippen LogP) is 3.08. The summed E-state index contributed by atoms with van der Waals surface area (Å²) in [6.45, 7) is 5.72. The second-order valence-electron chi connectivity index (χ2n) is 10.9. The molecule has 6 N–H and O–H groups in total. The molecule has 0 unspecified atom stereocenters. The summed E-state index contributed by atoms with van der Waals surface area (Å²) >= 11 is 0. The predicted molar refractivity (Wildman–Crippen MR) is 166 cm³/mol. The number of carboxylic acid groups (broad SMARTS) is 1. The van der Waals surface area contributed by atoms with Gasteiger partial charge >= 0.3 is 5.97 Å². The maximum atomic E-state index is 12.7. The number of amides is 5. The minimum absolute atomic E-state index is 0.0229. The van der Waals surface area contributed by atoms with E-state index in [1.807, 2.05) is 0 Å². The number of carboxylic acids is 1. The molecule has 5 amide bonds. The van der Waals surface area contributed by atoms with Crippen LogP contribution in [0.15, 0.2) is 0 Å². The average molecular weight is 612 g/mol. The van der Waals surface area contributed by atoms with E-state index in [0.717, 1.165) is 38.5 Å². The molecule has 12 heteroatoms. The maximum Gasteiger partial charge on any atom is 0.303 e. The summed E-state index contributed by atoms with van der Waals surface area (Å²) in [7, 11) is 0. The van der Waals surface area contributed by atoms with Gasteiger partial charge in [-0.05, 0) is 19.3 Å². The molecular formula is C31H57N5O7. The van der Waals surface area contributed by atoms with Crippen LogP contribution in [-0.2, 0) is 28.8 Å². The van der Waals surface area contributed by atoms with Crippen LogP contribution < -0.4 is 26.6 Å². The van der Waals surface area contributed by atoms with Crippen LogP contribution in [0, 0.1) is 0 Å². The summed E-state index contributed by atoms with van der Waals surface area (Å²) in [6, 6.07) is -1.07. The molecule has 0 radical (unpaired) electrons. The van der Waals surface area contributed by atoms with Crippen LogP contribution in [0.2, 0.25) is 0 Å². The van der Waals surface area contributed by atoms with Gasteiger partial charge in [0.1, 0.15) is 6.04 Å². The van der Waals surface area contributed by atoms with E-state index >= 15 is 0 Å². The Hall–Kier alpha value is -3.18. The Morgan fingerprint density at radius 2 is 0.930 bits per heavy atom. The Balaban J connectivity index is 4.44. The normalized spacial score (nSPS) is 11.3. The van der Waals surface area contributed by atoms with Crippen molar-refractivity contribution in [1.29, 1.82) is 0 Å². The third kappa shape index (κ3) is 26.2. The fourth-order valence-corrected chi connectivity index (χ4v) is 4.30. The summed E-state index contributed by atoms with van der Waals surface area (Å²) in [5.74, 6) is -3.04. The lowest BCUT2D eigenvalue weighted by Gasteiger charge is -2.18. The maximum absolute atomic E-state index is 12.7. The van der Waals surface area contributed by atoms with Crippen molar-refractivity contribution in [3.63, 3.8) is 0 Å². The van der Waals surface area contributed by atoms with Crippen molar-refractivity contribution < 1.29 is 33.9 Å². The highest BCUT2D eigenvalue weighted by Gasteiger charge is 2.22. The summed E-state index contributed by atoms with van der Waals surface area (Å²) in [6.07, 6.45) is 12.9. The van der Waals surface area contributed by atoms with Gasteiger partial charge in [-0.2, -0.15) is 0 Å². The molecule has 0 aromatic carbocycles. The van der Waals surface area contributed by atoms with Crippen molar-refractivity contribution in [2.75, 3.05) is 26.2 Å². The van der Waals surface area contributed by atoms with E-state index in [0.29, 0.717) is 13.1 Å². The standard InChI is InChI=1S/C31H57N5O7/c1-3-5-7-9-11-13-21-32-27(38)19-23-34-26(37)16-15-25(36-29(40)17-18-30(41)42)31(43)35-24-20-28(39)33-22-14-12-10-8-6-4-2/h25H,3-24H2,1-2H3,(H,32,38)(H,33,39)(H,34,37)(H,35,43)(H,36,40)(H,41,42)/t25-/m0/s1.